The lowest BCUT2D eigenvalue weighted by Gasteiger charge is -2.15. The molecule has 0 saturated carbocycles. The molecule has 0 bridgehead atoms. The van der Waals surface area contributed by atoms with E-state index in [0.29, 0.717) is 0 Å². The van der Waals surface area contributed by atoms with Crippen LogP contribution in [0.3, 0.4) is 0 Å². The number of aromatic nitrogens is 2. The lowest BCUT2D eigenvalue weighted by Crippen LogP contribution is -2.08. The SMILES string of the molecule is CC(c1ccccc1)n1cncc1CO.Cl. The summed E-state index contributed by atoms with van der Waals surface area (Å²) >= 11 is 0. The minimum atomic E-state index is 0. The summed E-state index contributed by atoms with van der Waals surface area (Å²) in [5.41, 5.74) is 2.05. The van der Waals surface area contributed by atoms with Gasteiger partial charge in [0.05, 0.1) is 30.9 Å². The zero-order valence-corrected chi connectivity index (χ0v) is 9.89. The molecule has 0 aliphatic carbocycles. The third kappa shape index (κ3) is 2.43. The van der Waals surface area contributed by atoms with Gasteiger partial charge in [0.15, 0.2) is 0 Å². The van der Waals surface area contributed by atoms with E-state index in [2.05, 4.69) is 24.0 Å². The average Bonchev–Trinajstić information content (AvgIpc) is 2.77. The van der Waals surface area contributed by atoms with E-state index < -0.39 is 0 Å². The van der Waals surface area contributed by atoms with E-state index in [-0.39, 0.29) is 25.1 Å². The Bertz CT molecular complexity index is 428. The van der Waals surface area contributed by atoms with Crippen LogP contribution in [-0.4, -0.2) is 14.7 Å². The molecule has 0 aliphatic heterocycles. The Labute approximate surface area is 101 Å². The molecule has 1 aromatic carbocycles. The van der Waals surface area contributed by atoms with Crippen LogP contribution in [-0.2, 0) is 6.61 Å². The minimum Gasteiger partial charge on any atom is -0.390 e. The Balaban J connectivity index is 0.00000128. The van der Waals surface area contributed by atoms with Crippen molar-refractivity contribution in [2.24, 2.45) is 0 Å². The zero-order valence-electron chi connectivity index (χ0n) is 9.08. The van der Waals surface area contributed by atoms with Gasteiger partial charge in [-0.3, -0.25) is 0 Å². The molecule has 2 aromatic rings. The molecule has 1 N–H and O–H groups in total. The lowest BCUT2D eigenvalue weighted by molar-refractivity contribution is 0.269. The quantitative estimate of drug-likeness (QED) is 0.892. The second kappa shape index (κ2) is 5.68. The number of rotatable bonds is 3. The van der Waals surface area contributed by atoms with Gasteiger partial charge in [-0.15, -0.1) is 12.4 Å². The number of benzene rings is 1. The highest BCUT2D eigenvalue weighted by Gasteiger charge is 2.10. The van der Waals surface area contributed by atoms with Gasteiger partial charge in [0, 0.05) is 0 Å². The van der Waals surface area contributed by atoms with Crippen LogP contribution >= 0.6 is 12.4 Å². The molecule has 16 heavy (non-hydrogen) atoms. The molecular weight excluding hydrogens is 224 g/mol. The predicted molar refractivity (Wildman–Crippen MR) is 65.7 cm³/mol. The maximum atomic E-state index is 9.14. The van der Waals surface area contributed by atoms with Gasteiger partial charge < -0.3 is 9.67 Å². The monoisotopic (exact) mass is 238 g/mol. The van der Waals surface area contributed by atoms with E-state index in [1.807, 2.05) is 22.8 Å². The first kappa shape index (κ1) is 12.7. The van der Waals surface area contributed by atoms with Gasteiger partial charge in [-0.1, -0.05) is 30.3 Å². The highest BCUT2D eigenvalue weighted by atomic mass is 35.5. The molecule has 0 fully saturated rings. The molecule has 0 amide bonds. The number of hydrogen-bond donors (Lipinski definition) is 1. The van der Waals surface area contributed by atoms with Crippen molar-refractivity contribution >= 4 is 12.4 Å². The third-order valence-corrected chi connectivity index (χ3v) is 2.61. The number of nitrogens with zero attached hydrogens (tertiary/aromatic N) is 2. The second-order valence-corrected chi connectivity index (χ2v) is 3.54. The molecule has 1 aromatic heterocycles. The van der Waals surface area contributed by atoms with Gasteiger partial charge in [0.2, 0.25) is 0 Å². The second-order valence-electron chi connectivity index (χ2n) is 3.54. The zero-order chi connectivity index (χ0) is 10.7. The van der Waals surface area contributed by atoms with Gasteiger partial charge in [-0.05, 0) is 12.5 Å². The van der Waals surface area contributed by atoms with Crippen molar-refractivity contribution in [1.82, 2.24) is 9.55 Å². The van der Waals surface area contributed by atoms with Crippen molar-refractivity contribution in [3.05, 3.63) is 54.1 Å². The normalized spacial score (nSPS) is 11.9. The van der Waals surface area contributed by atoms with Crippen LogP contribution in [0.15, 0.2) is 42.9 Å². The van der Waals surface area contributed by atoms with Crippen LogP contribution in [0.2, 0.25) is 0 Å². The maximum absolute atomic E-state index is 9.14. The van der Waals surface area contributed by atoms with Crippen molar-refractivity contribution in [3.63, 3.8) is 0 Å². The number of aliphatic hydroxyl groups excluding tert-OH is 1. The standard InChI is InChI=1S/C12H14N2O.ClH/c1-10(11-5-3-2-4-6-11)14-9-13-7-12(14)8-15;/h2-7,9-10,15H,8H2,1H3;1H. The largest absolute Gasteiger partial charge is 0.390 e. The molecule has 0 aliphatic rings. The molecule has 3 nitrogen and oxygen atoms in total. The molecule has 0 radical (unpaired) electrons. The first-order valence-electron chi connectivity index (χ1n) is 4.99. The fourth-order valence-electron chi connectivity index (χ4n) is 1.70. The summed E-state index contributed by atoms with van der Waals surface area (Å²) in [6.45, 7) is 2.12. The first-order valence-corrected chi connectivity index (χ1v) is 4.99. The summed E-state index contributed by atoms with van der Waals surface area (Å²) in [4.78, 5) is 4.04. The van der Waals surface area contributed by atoms with Gasteiger partial charge in [0.25, 0.3) is 0 Å². The van der Waals surface area contributed by atoms with E-state index in [4.69, 9.17) is 5.11 Å². The Hall–Kier alpha value is -1.32. The molecule has 0 saturated heterocycles. The summed E-state index contributed by atoms with van der Waals surface area (Å²) in [7, 11) is 0. The van der Waals surface area contributed by atoms with Gasteiger partial charge in [-0.2, -0.15) is 0 Å². The molecular formula is C12H15ClN2O. The van der Waals surface area contributed by atoms with Crippen LogP contribution in [0.5, 0.6) is 0 Å². The van der Waals surface area contributed by atoms with Crippen LogP contribution in [0.4, 0.5) is 0 Å². The summed E-state index contributed by atoms with van der Waals surface area (Å²) in [6, 6.07) is 10.4. The average molecular weight is 239 g/mol. The smallest absolute Gasteiger partial charge is 0.0954 e. The number of aliphatic hydroxyl groups is 1. The first-order chi connectivity index (χ1) is 7.33. The summed E-state index contributed by atoms with van der Waals surface area (Å²) in [6.07, 6.45) is 3.45. The van der Waals surface area contributed by atoms with Crippen molar-refractivity contribution in [1.29, 1.82) is 0 Å². The lowest BCUT2D eigenvalue weighted by atomic mass is 10.1. The van der Waals surface area contributed by atoms with Gasteiger partial charge in [-0.25, -0.2) is 4.98 Å². The fraction of sp³-hybridized carbons (Fsp3) is 0.250. The molecule has 1 atom stereocenters. The third-order valence-electron chi connectivity index (χ3n) is 2.61. The van der Waals surface area contributed by atoms with Crippen LogP contribution < -0.4 is 0 Å². The van der Waals surface area contributed by atoms with Crippen LogP contribution in [0.1, 0.15) is 24.2 Å². The Kier molecular flexibility index (Phi) is 4.52. The van der Waals surface area contributed by atoms with Crippen molar-refractivity contribution in [3.8, 4) is 0 Å². The van der Waals surface area contributed by atoms with Crippen molar-refractivity contribution in [2.45, 2.75) is 19.6 Å². The van der Waals surface area contributed by atoms with Crippen molar-refractivity contribution < 1.29 is 5.11 Å². The number of hydrogen-bond acceptors (Lipinski definition) is 2. The van der Waals surface area contributed by atoms with E-state index in [9.17, 15) is 0 Å². The van der Waals surface area contributed by atoms with Crippen molar-refractivity contribution in [2.75, 3.05) is 0 Å². The van der Waals surface area contributed by atoms with Crippen LogP contribution in [0.25, 0.3) is 0 Å². The minimum absolute atomic E-state index is 0. The fourth-order valence-corrected chi connectivity index (χ4v) is 1.70. The van der Waals surface area contributed by atoms with Gasteiger partial charge >= 0.3 is 0 Å². The highest BCUT2D eigenvalue weighted by Crippen LogP contribution is 2.18. The van der Waals surface area contributed by atoms with E-state index in [1.165, 1.54) is 5.56 Å². The van der Waals surface area contributed by atoms with E-state index in [1.54, 1.807) is 12.5 Å². The molecule has 4 heteroatoms. The molecule has 86 valence electrons. The maximum Gasteiger partial charge on any atom is 0.0954 e. The number of halogens is 1. The number of imidazole rings is 1. The summed E-state index contributed by atoms with van der Waals surface area (Å²) in [5, 5.41) is 9.14. The topological polar surface area (TPSA) is 38.0 Å². The Morgan fingerprint density at radius 1 is 1.31 bits per heavy atom. The molecule has 0 spiro atoms. The Morgan fingerprint density at radius 2 is 2.00 bits per heavy atom. The predicted octanol–water partition coefficient (Wildman–Crippen LogP) is 2.41. The highest BCUT2D eigenvalue weighted by molar-refractivity contribution is 5.85. The molecule has 1 unspecified atom stereocenters. The molecule has 1 heterocycles. The Morgan fingerprint density at radius 3 is 2.62 bits per heavy atom. The van der Waals surface area contributed by atoms with E-state index in [0.717, 1.165) is 5.69 Å². The van der Waals surface area contributed by atoms with Gasteiger partial charge in [0.1, 0.15) is 0 Å². The summed E-state index contributed by atoms with van der Waals surface area (Å²) < 4.78 is 1.98. The van der Waals surface area contributed by atoms with Crippen LogP contribution in [0, 0.1) is 0 Å². The summed E-state index contributed by atoms with van der Waals surface area (Å²) in [5.74, 6) is 0. The molecule has 2 rings (SSSR count). The van der Waals surface area contributed by atoms with E-state index >= 15 is 0 Å².